The Morgan fingerprint density at radius 1 is 1.26 bits per heavy atom. The quantitative estimate of drug-likeness (QED) is 0.288. The molecule has 35 heavy (non-hydrogen) atoms. The van der Waals surface area contributed by atoms with E-state index in [1.165, 1.54) is 13.2 Å². The second kappa shape index (κ2) is 11.2. The van der Waals surface area contributed by atoms with E-state index in [4.69, 9.17) is 16.3 Å². The van der Waals surface area contributed by atoms with Crippen LogP contribution in [0.25, 0.3) is 0 Å². The van der Waals surface area contributed by atoms with E-state index in [0.717, 1.165) is 27.4 Å². The molecule has 0 bridgehead atoms. The number of rotatable bonds is 7. The first kappa shape index (κ1) is 27.3. The lowest BCUT2D eigenvalue weighted by Gasteiger charge is -2.28. The topological polar surface area (TPSA) is 71.0 Å². The number of carbonyl (C=O) groups excluding carboxylic acids is 2. The SMILES string of the molecule is COC(=O)C1(CCCSC)CN(C(=O)Nc2ccc(Br)cc2)N=C1c1ccc(C(F)(F)F)c(Cl)c1. The van der Waals surface area contributed by atoms with Crippen molar-refractivity contribution in [3.8, 4) is 0 Å². The van der Waals surface area contributed by atoms with Crippen LogP contribution < -0.4 is 5.32 Å². The number of ether oxygens (including phenoxy) is 1. The van der Waals surface area contributed by atoms with Gasteiger partial charge in [0.1, 0.15) is 5.41 Å². The molecule has 188 valence electrons. The molecule has 0 saturated carbocycles. The van der Waals surface area contributed by atoms with Crippen LogP contribution in [0.5, 0.6) is 0 Å². The molecule has 2 aromatic carbocycles. The molecule has 0 fully saturated rings. The molecule has 1 heterocycles. The summed E-state index contributed by atoms with van der Waals surface area (Å²) in [6, 6.07) is 9.43. The average Bonchev–Trinajstić information content (AvgIpc) is 3.20. The Labute approximate surface area is 218 Å². The minimum atomic E-state index is -4.64. The first-order valence-electron chi connectivity index (χ1n) is 10.4. The maximum atomic E-state index is 13.2. The van der Waals surface area contributed by atoms with Gasteiger partial charge in [-0.25, -0.2) is 9.80 Å². The predicted octanol–water partition coefficient (Wildman–Crippen LogP) is 6.68. The molecule has 1 atom stereocenters. The predicted molar refractivity (Wildman–Crippen MR) is 135 cm³/mol. The molecule has 1 aliphatic heterocycles. The van der Waals surface area contributed by atoms with Crippen molar-refractivity contribution >= 4 is 62.7 Å². The normalized spacial score (nSPS) is 17.8. The molecule has 1 N–H and O–H groups in total. The standard InChI is InChI=1S/C23H22BrClF3N3O3S/c1-34-20(32)22(10-3-11-35-2)13-31(21(33)29-16-7-5-15(24)6-8-16)30-19(22)14-4-9-17(18(25)12-14)23(26,27)28/h4-9,12H,3,10-11,13H2,1-2H3,(H,29,33). The molecular formula is C23H22BrClF3N3O3S. The Balaban J connectivity index is 2.04. The number of alkyl halides is 3. The number of hydrogen-bond donors (Lipinski definition) is 1. The number of methoxy groups -OCH3 is 1. The third-order valence-electron chi connectivity index (χ3n) is 5.50. The van der Waals surface area contributed by atoms with E-state index < -0.39 is 34.2 Å². The monoisotopic (exact) mass is 591 g/mol. The van der Waals surface area contributed by atoms with Crippen LogP contribution in [0, 0.1) is 5.41 Å². The maximum absolute atomic E-state index is 13.2. The zero-order valence-electron chi connectivity index (χ0n) is 18.8. The summed E-state index contributed by atoms with van der Waals surface area (Å²) in [5, 5.41) is 7.67. The van der Waals surface area contributed by atoms with Crippen LogP contribution >= 0.6 is 39.3 Å². The summed E-state index contributed by atoms with van der Waals surface area (Å²) in [5.41, 5.74) is -1.53. The number of anilines is 1. The Bertz CT molecular complexity index is 1130. The van der Waals surface area contributed by atoms with Crippen molar-refractivity contribution in [2.45, 2.75) is 19.0 Å². The third kappa shape index (κ3) is 6.13. The highest BCUT2D eigenvalue weighted by Crippen LogP contribution is 2.40. The summed E-state index contributed by atoms with van der Waals surface area (Å²) in [5.74, 6) is 0.0949. The summed E-state index contributed by atoms with van der Waals surface area (Å²) >= 11 is 10.9. The number of amides is 2. The van der Waals surface area contributed by atoms with Crippen molar-refractivity contribution < 1.29 is 27.5 Å². The summed E-state index contributed by atoms with van der Waals surface area (Å²) in [6.07, 6.45) is -1.85. The second-order valence-corrected chi connectivity index (χ2v) is 10.1. The van der Waals surface area contributed by atoms with Crippen LogP contribution in [0.3, 0.4) is 0 Å². The lowest BCUT2D eigenvalue weighted by Crippen LogP contribution is -2.44. The van der Waals surface area contributed by atoms with Gasteiger partial charge in [-0.1, -0.05) is 33.6 Å². The van der Waals surface area contributed by atoms with Gasteiger partial charge in [-0.3, -0.25) is 4.79 Å². The summed E-state index contributed by atoms with van der Waals surface area (Å²) in [6.45, 7) is -0.135. The van der Waals surface area contributed by atoms with Gasteiger partial charge in [-0.2, -0.15) is 30.0 Å². The maximum Gasteiger partial charge on any atom is 0.417 e. The highest BCUT2D eigenvalue weighted by atomic mass is 79.9. The van der Waals surface area contributed by atoms with Crippen LogP contribution in [0.1, 0.15) is 24.0 Å². The zero-order chi connectivity index (χ0) is 25.8. The molecular weight excluding hydrogens is 571 g/mol. The van der Waals surface area contributed by atoms with Crippen LogP contribution in [0.4, 0.5) is 23.7 Å². The molecule has 2 amide bonds. The van der Waals surface area contributed by atoms with Crippen LogP contribution in [-0.2, 0) is 15.7 Å². The Kier molecular flexibility index (Phi) is 8.76. The van der Waals surface area contributed by atoms with Gasteiger partial charge in [0.2, 0.25) is 0 Å². The number of halogens is 5. The second-order valence-electron chi connectivity index (χ2n) is 7.81. The number of esters is 1. The van der Waals surface area contributed by atoms with Crippen molar-refractivity contribution in [2.24, 2.45) is 10.5 Å². The van der Waals surface area contributed by atoms with Gasteiger partial charge in [-0.05, 0) is 61.2 Å². The lowest BCUT2D eigenvalue weighted by atomic mass is 9.76. The summed E-state index contributed by atoms with van der Waals surface area (Å²) < 4.78 is 45.6. The van der Waals surface area contributed by atoms with Crippen LogP contribution in [-0.4, -0.2) is 48.4 Å². The van der Waals surface area contributed by atoms with E-state index >= 15 is 0 Å². The first-order valence-corrected chi connectivity index (χ1v) is 13.0. The number of hydrogen-bond acceptors (Lipinski definition) is 5. The number of carbonyl (C=O) groups is 2. The molecule has 3 rings (SSSR count). The van der Waals surface area contributed by atoms with Crippen LogP contribution in [0.2, 0.25) is 5.02 Å². The van der Waals surface area contributed by atoms with Gasteiger partial charge in [0, 0.05) is 15.7 Å². The lowest BCUT2D eigenvalue weighted by molar-refractivity contribution is -0.148. The van der Waals surface area contributed by atoms with Gasteiger partial charge < -0.3 is 10.1 Å². The highest BCUT2D eigenvalue weighted by molar-refractivity contribution is 9.10. The largest absolute Gasteiger partial charge is 0.468 e. The number of benzene rings is 2. The fourth-order valence-electron chi connectivity index (χ4n) is 3.82. The minimum Gasteiger partial charge on any atom is -0.468 e. The number of hydrazone groups is 1. The van der Waals surface area contributed by atoms with E-state index in [-0.39, 0.29) is 24.2 Å². The number of urea groups is 1. The van der Waals surface area contributed by atoms with Gasteiger partial charge in [-0.15, -0.1) is 0 Å². The van der Waals surface area contributed by atoms with Gasteiger partial charge >= 0.3 is 18.2 Å². The van der Waals surface area contributed by atoms with Crippen molar-refractivity contribution in [1.82, 2.24) is 5.01 Å². The number of nitrogens with zero attached hydrogens (tertiary/aromatic N) is 2. The van der Waals surface area contributed by atoms with Crippen molar-refractivity contribution in [3.63, 3.8) is 0 Å². The van der Waals surface area contributed by atoms with Gasteiger partial charge in [0.25, 0.3) is 0 Å². The van der Waals surface area contributed by atoms with E-state index in [9.17, 15) is 22.8 Å². The van der Waals surface area contributed by atoms with Crippen molar-refractivity contribution in [2.75, 3.05) is 31.0 Å². The van der Waals surface area contributed by atoms with Crippen molar-refractivity contribution in [3.05, 3.63) is 63.1 Å². The molecule has 0 aliphatic carbocycles. The molecule has 0 spiro atoms. The smallest absolute Gasteiger partial charge is 0.417 e. The molecule has 1 unspecified atom stereocenters. The molecule has 2 aromatic rings. The fourth-order valence-corrected chi connectivity index (χ4v) is 4.81. The summed E-state index contributed by atoms with van der Waals surface area (Å²) in [7, 11) is 1.22. The Hall–Kier alpha value is -2.24. The highest BCUT2D eigenvalue weighted by Gasteiger charge is 2.52. The van der Waals surface area contributed by atoms with E-state index in [1.54, 1.807) is 36.0 Å². The van der Waals surface area contributed by atoms with Gasteiger partial charge in [0.05, 0.1) is 30.0 Å². The molecule has 0 radical (unpaired) electrons. The van der Waals surface area contributed by atoms with Gasteiger partial charge in [0.15, 0.2) is 0 Å². The average molecular weight is 593 g/mol. The molecule has 0 aromatic heterocycles. The first-order chi connectivity index (χ1) is 16.5. The van der Waals surface area contributed by atoms with E-state index in [2.05, 4.69) is 26.3 Å². The van der Waals surface area contributed by atoms with Crippen LogP contribution in [0.15, 0.2) is 52.0 Å². The number of thioether (sulfide) groups is 1. The zero-order valence-corrected chi connectivity index (χ0v) is 21.9. The molecule has 0 saturated heterocycles. The third-order valence-corrected chi connectivity index (χ3v) is 7.04. The fraction of sp³-hybridized carbons (Fsp3) is 0.348. The Morgan fingerprint density at radius 3 is 2.51 bits per heavy atom. The summed E-state index contributed by atoms with van der Waals surface area (Å²) in [4.78, 5) is 26.1. The molecule has 6 nitrogen and oxygen atoms in total. The van der Waals surface area contributed by atoms with E-state index in [0.29, 0.717) is 12.1 Å². The number of nitrogens with one attached hydrogen (secondary N) is 1. The van der Waals surface area contributed by atoms with Crippen molar-refractivity contribution in [1.29, 1.82) is 0 Å². The molecule has 1 aliphatic rings. The molecule has 12 heteroatoms. The van der Waals surface area contributed by atoms with E-state index in [1.807, 2.05) is 6.26 Å². The Morgan fingerprint density at radius 2 is 1.94 bits per heavy atom. The minimum absolute atomic E-state index is 0.132.